The molecule has 4 nitrogen and oxygen atoms in total. The molecule has 0 radical (unpaired) electrons. The third-order valence-electron chi connectivity index (χ3n) is 4.26. The van der Waals surface area contributed by atoms with E-state index in [-0.39, 0.29) is 17.5 Å². The lowest BCUT2D eigenvalue weighted by molar-refractivity contribution is 0.238. The molecule has 0 unspecified atom stereocenters. The van der Waals surface area contributed by atoms with Gasteiger partial charge in [0.15, 0.2) is 0 Å². The minimum atomic E-state index is -0.208. The third-order valence-corrected chi connectivity index (χ3v) is 5.11. The quantitative estimate of drug-likeness (QED) is 0.653. The van der Waals surface area contributed by atoms with Gasteiger partial charge in [0.25, 0.3) is 0 Å². The van der Waals surface area contributed by atoms with Crippen molar-refractivity contribution in [2.75, 3.05) is 0 Å². The zero-order valence-electron chi connectivity index (χ0n) is 15.9. The Bertz CT molecular complexity index is 830. The molecule has 140 valence electrons. The average molecular weight is 380 g/mol. The molecule has 0 spiro atoms. The lowest BCUT2D eigenvalue weighted by Crippen LogP contribution is -2.38. The van der Waals surface area contributed by atoms with Crippen LogP contribution in [0.5, 0.6) is 0 Å². The normalized spacial score (nSPS) is 11.4. The zero-order valence-corrected chi connectivity index (χ0v) is 16.7. The third kappa shape index (κ3) is 5.17. The van der Waals surface area contributed by atoms with Gasteiger partial charge in [-0.2, -0.15) is 0 Å². The van der Waals surface area contributed by atoms with Crippen molar-refractivity contribution in [2.45, 2.75) is 38.8 Å². The summed E-state index contributed by atoms with van der Waals surface area (Å²) in [4.78, 5) is 17.2. The van der Waals surface area contributed by atoms with E-state index in [1.807, 2.05) is 60.7 Å². The predicted molar refractivity (Wildman–Crippen MR) is 111 cm³/mol. The van der Waals surface area contributed by atoms with Gasteiger partial charge in [0, 0.05) is 10.8 Å². The summed E-state index contributed by atoms with van der Waals surface area (Å²) in [5, 5.41) is 8.98. The first-order chi connectivity index (χ1) is 12.9. The smallest absolute Gasteiger partial charge is 0.315 e. The number of hydrogen-bond acceptors (Lipinski definition) is 3. The van der Waals surface area contributed by atoms with Gasteiger partial charge in [0.1, 0.15) is 5.01 Å². The van der Waals surface area contributed by atoms with E-state index in [1.165, 1.54) is 0 Å². The SMILES string of the molecule is CC(C)(C)c1csc(CNC(=O)NC(c2ccccc2)c2ccccc2)n1. The van der Waals surface area contributed by atoms with Crippen molar-refractivity contribution < 1.29 is 4.79 Å². The number of carbonyl (C=O) groups excluding carboxylic acids is 1. The van der Waals surface area contributed by atoms with E-state index in [1.54, 1.807) is 11.3 Å². The van der Waals surface area contributed by atoms with Gasteiger partial charge in [-0.3, -0.25) is 0 Å². The Labute approximate surface area is 164 Å². The van der Waals surface area contributed by atoms with Gasteiger partial charge in [0.05, 0.1) is 18.3 Å². The number of urea groups is 1. The van der Waals surface area contributed by atoms with E-state index in [4.69, 9.17) is 0 Å². The largest absolute Gasteiger partial charge is 0.332 e. The number of benzene rings is 2. The lowest BCUT2D eigenvalue weighted by Gasteiger charge is -2.20. The molecule has 0 fully saturated rings. The van der Waals surface area contributed by atoms with Crippen LogP contribution >= 0.6 is 11.3 Å². The van der Waals surface area contributed by atoms with Crippen LogP contribution in [0.4, 0.5) is 4.79 Å². The molecule has 0 atom stereocenters. The van der Waals surface area contributed by atoms with E-state index in [9.17, 15) is 4.79 Å². The Morgan fingerprint density at radius 3 is 2.04 bits per heavy atom. The Morgan fingerprint density at radius 1 is 1.00 bits per heavy atom. The molecular weight excluding hydrogens is 354 g/mol. The summed E-state index contributed by atoms with van der Waals surface area (Å²) in [6, 6.07) is 19.5. The van der Waals surface area contributed by atoms with Crippen molar-refractivity contribution in [3.05, 3.63) is 87.9 Å². The van der Waals surface area contributed by atoms with Crippen LogP contribution in [0.2, 0.25) is 0 Å². The molecule has 0 saturated heterocycles. The zero-order chi connectivity index (χ0) is 19.3. The molecule has 0 bridgehead atoms. The number of hydrogen-bond donors (Lipinski definition) is 2. The van der Waals surface area contributed by atoms with Crippen molar-refractivity contribution in [1.29, 1.82) is 0 Å². The monoisotopic (exact) mass is 379 g/mol. The van der Waals surface area contributed by atoms with Crippen molar-refractivity contribution >= 4 is 17.4 Å². The first-order valence-electron chi connectivity index (χ1n) is 9.02. The second kappa shape index (κ2) is 8.35. The first-order valence-corrected chi connectivity index (χ1v) is 9.90. The van der Waals surface area contributed by atoms with Crippen LogP contribution in [0.3, 0.4) is 0 Å². The molecule has 27 heavy (non-hydrogen) atoms. The summed E-state index contributed by atoms with van der Waals surface area (Å²) in [5.74, 6) is 0. The van der Waals surface area contributed by atoms with Crippen molar-refractivity contribution in [3.63, 3.8) is 0 Å². The van der Waals surface area contributed by atoms with E-state index in [2.05, 4.69) is 41.8 Å². The molecule has 1 aromatic heterocycles. The summed E-state index contributed by atoms with van der Waals surface area (Å²) >= 11 is 1.58. The van der Waals surface area contributed by atoms with Gasteiger partial charge in [-0.25, -0.2) is 9.78 Å². The van der Waals surface area contributed by atoms with Gasteiger partial charge in [-0.05, 0) is 11.1 Å². The van der Waals surface area contributed by atoms with Crippen LogP contribution in [0.1, 0.15) is 48.6 Å². The Balaban J connectivity index is 1.67. The highest BCUT2D eigenvalue weighted by Crippen LogP contribution is 2.24. The molecule has 0 aliphatic carbocycles. The van der Waals surface area contributed by atoms with Crippen molar-refractivity contribution in [3.8, 4) is 0 Å². The summed E-state index contributed by atoms with van der Waals surface area (Å²) in [6.07, 6.45) is 0. The summed E-state index contributed by atoms with van der Waals surface area (Å²) in [6.45, 7) is 6.83. The Morgan fingerprint density at radius 2 is 1.56 bits per heavy atom. The van der Waals surface area contributed by atoms with Crippen LogP contribution < -0.4 is 10.6 Å². The maximum atomic E-state index is 12.5. The van der Waals surface area contributed by atoms with Gasteiger partial charge < -0.3 is 10.6 Å². The van der Waals surface area contributed by atoms with E-state index < -0.39 is 0 Å². The molecule has 1 heterocycles. The number of carbonyl (C=O) groups is 1. The molecule has 0 aliphatic rings. The highest BCUT2D eigenvalue weighted by Gasteiger charge is 2.19. The maximum absolute atomic E-state index is 12.5. The van der Waals surface area contributed by atoms with Crippen LogP contribution in [0, 0.1) is 0 Å². The topological polar surface area (TPSA) is 54.0 Å². The summed E-state index contributed by atoms with van der Waals surface area (Å²) in [5.41, 5.74) is 3.16. The average Bonchev–Trinajstić information content (AvgIpc) is 3.15. The lowest BCUT2D eigenvalue weighted by atomic mass is 9.93. The second-order valence-corrected chi connectivity index (χ2v) is 8.40. The van der Waals surface area contributed by atoms with Crippen LogP contribution in [-0.4, -0.2) is 11.0 Å². The standard InChI is InChI=1S/C22H25N3OS/c1-22(2,3)18-15-27-19(24-18)14-23-21(26)25-20(16-10-6-4-7-11-16)17-12-8-5-9-13-17/h4-13,15,20H,14H2,1-3H3,(H2,23,25,26). The molecular formula is C22H25N3OS. The van der Waals surface area contributed by atoms with Crippen molar-refractivity contribution in [2.24, 2.45) is 0 Å². The van der Waals surface area contributed by atoms with Gasteiger partial charge in [-0.15, -0.1) is 11.3 Å². The molecule has 0 aliphatic heterocycles. The molecule has 5 heteroatoms. The number of thiazole rings is 1. The highest BCUT2D eigenvalue weighted by atomic mass is 32.1. The van der Waals surface area contributed by atoms with E-state index >= 15 is 0 Å². The van der Waals surface area contributed by atoms with E-state index in [0.29, 0.717) is 6.54 Å². The highest BCUT2D eigenvalue weighted by molar-refractivity contribution is 7.09. The summed E-state index contributed by atoms with van der Waals surface area (Å²) in [7, 11) is 0. The number of aromatic nitrogens is 1. The number of rotatable bonds is 5. The van der Waals surface area contributed by atoms with Gasteiger partial charge in [0.2, 0.25) is 0 Å². The van der Waals surface area contributed by atoms with E-state index in [0.717, 1.165) is 21.8 Å². The van der Waals surface area contributed by atoms with Gasteiger partial charge in [-0.1, -0.05) is 81.4 Å². The molecule has 0 saturated carbocycles. The first kappa shape index (κ1) is 19.1. The van der Waals surface area contributed by atoms with Gasteiger partial charge >= 0.3 is 6.03 Å². The van der Waals surface area contributed by atoms with Crippen LogP contribution in [-0.2, 0) is 12.0 Å². The van der Waals surface area contributed by atoms with Crippen LogP contribution in [0.15, 0.2) is 66.0 Å². The minimum absolute atomic E-state index is 0.0166. The number of amides is 2. The van der Waals surface area contributed by atoms with Crippen LogP contribution in [0.25, 0.3) is 0 Å². The fourth-order valence-electron chi connectivity index (χ4n) is 2.72. The molecule has 2 amide bonds. The van der Waals surface area contributed by atoms with Crippen molar-refractivity contribution in [1.82, 2.24) is 15.6 Å². The Hall–Kier alpha value is -2.66. The maximum Gasteiger partial charge on any atom is 0.315 e. The Kier molecular flexibility index (Phi) is 5.91. The fourth-order valence-corrected chi connectivity index (χ4v) is 3.69. The molecule has 2 N–H and O–H groups in total. The summed E-state index contributed by atoms with van der Waals surface area (Å²) < 4.78 is 0. The fraction of sp³-hybridized carbons (Fsp3) is 0.273. The number of nitrogens with zero attached hydrogens (tertiary/aromatic N) is 1. The molecule has 3 rings (SSSR count). The molecule has 2 aromatic carbocycles. The predicted octanol–water partition coefficient (Wildman–Crippen LogP) is 5.03. The molecule has 3 aromatic rings. The minimum Gasteiger partial charge on any atom is -0.332 e. The number of nitrogens with one attached hydrogen (secondary N) is 2. The second-order valence-electron chi connectivity index (χ2n) is 7.46.